The minimum Gasteiger partial charge on any atom is -0.497 e. The number of hydrogen-bond donors (Lipinski definition) is 0. The van der Waals surface area contributed by atoms with Gasteiger partial charge in [-0.1, -0.05) is 37.6 Å². The third-order valence-corrected chi connectivity index (χ3v) is 4.56. The average Bonchev–Trinajstić information content (AvgIpc) is 2.93. The molecule has 0 saturated carbocycles. The zero-order valence-corrected chi connectivity index (χ0v) is 15.7. The first kappa shape index (κ1) is 19.7. The van der Waals surface area contributed by atoms with E-state index in [4.69, 9.17) is 14.2 Å². The molecule has 1 aromatic carbocycles. The smallest absolute Gasteiger partial charge is 0.164 e. The number of carbonyl (C=O) groups excluding carboxylic acids is 1. The molecule has 4 nitrogen and oxygen atoms in total. The second-order valence-electron chi connectivity index (χ2n) is 7.14. The Morgan fingerprint density at radius 2 is 1.92 bits per heavy atom. The van der Waals surface area contributed by atoms with E-state index in [1.54, 1.807) is 7.11 Å². The molecule has 1 aromatic rings. The molecule has 138 valence electrons. The molecular formula is C21H30O4. The molecule has 25 heavy (non-hydrogen) atoms. The van der Waals surface area contributed by atoms with Crippen LogP contribution < -0.4 is 4.74 Å². The SMILES string of the molecule is COc1ccc(/C=C/CCCC[C@H](C)[C@@H]2OC(C)(C)O[C@H]2C=O)cc1. The summed E-state index contributed by atoms with van der Waals surface area (Å²) in [6.07, 6.45) is 8.95. The number of allylic oxidation sites excluding steroid dienone is 1. The van der Waals surface area contributed by atoms with Gasteiger partial charge in [0.2, 0.25) is 0 Å². The van der Waals surface area contributed by atoms with Gasteiger partial charge in [0.25, 0.3) is 0 Å². The highest BCUT2D eigenvalue weighted by Gasteiger charge is 2.43. The summed E-state index contributed by atoms with van der Waals surface area (Å²) in [4.78, 5) is 11.2. The number of methoxy groups -OCH3 is 1. The topological polar surface area (TPSA) is 44.8 Å². The lowest BCUT2D eigenvalue weighted by Gasteiger charge is -2.21. The quantitative estimate of drug-likeness (QED) is 0.483. The van der Waals surface area contributed by atoms with E-state index in [1.165, 1.54) is 5.56 Å². The average molecular weight is 346 g/mol. The minimum absolute atomic E-state index is 0.137. The molecule has 3 atom stereocenters. The first-order valence-corrected chi connectivity index (χ1v) is 9.06. The van der Waals surface area contributed by atoms with Crippen LogP contribution in [-0.2, 0) is 14.3 Å². The van der Waals surface area contributed by atoms with Gasteiger partial charge in [0.05, 0.1) is 13.2 Å². The number of unbranched alkanes of at least 4 members (excludes halogenated alkanes) is 2. The van der Waals surface area contributed by atoms with Gasteiger partial charge in [-0.2, -0.15) is 0 Å². The van der Waals surface area contributed by atoms with Crippen molar-refractivity contribution in [2.45, 2.75) is 64.4 Å². The lowest BCUT2D eigenvalue weighted by molar-refractivity contribution is -0.152. The van der Waals surface area contributed by atoms with E-state index in [-0.39, 0.29) is 6.10 Å². The third kappa shape index (κ3) is 5.98. The van der Waals surface area contributed by atoms with Crippen molar-refractivity contribution in [1.29, 1.82) is 0 Å². The summed E-state index contributed by atoms with van der Waals surface area (Å²) in [6, 6.07) is 8.04. The molecule has 0 spiro atoms. The molecular weight excluding hydrogens is 316 g/mol. The van der Waals surface area contributed by atoms with Gasteiger partial charge in [-0.05, 0) is 56.7 Å². The summed E-state index contributed by atoms with van der Waals surface area (Å²) in [6.45, 7) is 5.86. The summed E-state index contributed by atoms with van der Waals surface area (Å²) < 4.78 is 16.7. The zero-order valence-electron chi connectivity index (χ0n) is 15.7. The Hall–Kier alpha value is -1.65. The molecule has 0 radical (unpaired) electrons. The minimum atomic E-state index is -0.661. The van der Waals surface area contributed by atoms with Crippen molar-refractivity contribution in [3.05, 3.63) is 35.9 Å². The number of benzene rings is 1. The number of hydrogen-bond acceptors (Lipinski definition) is 4. The van der Waals surface area contributed by atoms with Gasteiger partial charge < -0.3 is 19.0 Å². The molecule has 4 heteroatoms. The highest BCUT2D eigenvalue weighted by molar-refractivity contribution is 5.57. The van der Waals surface area contributed by atoms with Crippen LogP contribution in [0.5, 0.6) is 5.75 Å². The second kappa shape index (κ2) is 9.16. The van der Waals surface area contributed by atoms with Crippen molar-refractivity contribution in [3.8, 4) is 5.75 Å². The Kier molecular flexibility index (Phi) is 7.21. The summed E-state index contributed by atoms with van der Waals surface area (Å²) in [5.41, 5.74) is 1.18. The predicted octanol–water partition coefficient (Wildman–Crippen LogP) is 4.62. The Morgan fingerprint density at radius 3 is 2.56 bits per heavy atom. The molecule has 0 aliphatic carbocycles. The van der Waals surface area contributed by atoms with Gasteiger partial charge in [0, 0.05) is 0 Å². The van der Waals surface area contributed by atoms with Crippen LogP contribution in [0, 0.1) is 5.92 Å². The molecule has 0 aromatic heterocycles. The maximum absolute atomic E-state index is 11.2. The highest BCUT2D eigenvalue weighted by atomic mass is 16.8. The lowest BCUT2D eigenvalue weighted by Crippen LogP contribution is -2.30. The highest BCUT2D eigenvalue weighted by Crippen LogP contribution is 2.33. The van der Waals surface area contributed by atoms with Crippen molar-refractivity contribution in [1.82, 2.24) is 0 Å². The van der Waals surface area contributed by atoms with E-state index in [0.29, 0.717) is 5.92 Å². The van der Waals surface area contributed by atoms with E-state index >= 15 is 0 Å². The fourth-order valence-corrected chi connectivity index (χ4v) is 3.19. The fourth-order valence-electron chi connectivity index (χ4n) is 3.19. The van der Waals surface area contributed by atoms with Gasteiger partial charge in [0.1, 0.15) is 11.9 Å². The Balaban J connectivity index is 1.68. The van der Waals surface area contributed by atoms with Gasteiger partial charge >= 0.3 is 0 Å². The number of aldehydes is 1. The normalized spacial score (nSPS) is 23.7. The fraction of sp³-hybridized carbons (Fsp3) is 0.571. The van der Waals surface area contributed by atoms with Crippen LogP contribution in [0.25, 0.3) is 6.08 Å². The van der Waals surface area contributed by atoms with Gasteiger partial charge in [0.15, 0.2) is 12.1 Å². The monoisotopic (exact) mass is 346 g/mol. The number of carbonyl (C=O) groups is 1. The van der Waals surface area contributed by atoms with Crippen LogP contribution in [0.15, 0.2) is 30.3 Å². The molecule has 0 unspecified atom stereocenters. The van der Waals surface area contributed by atoms with Gasteiger partial charge in [-0.25, -0.2) is 0 Å². The number of rotatable bonds is 9. The van der Waals surface area contributed by atoms with E-state index in [2.05, 4.69) is 31.2 Å². The Morgan fingerprint density at radius 1 is 1.20 bits per heavy atom. The summed E-state index contributed by atoms with van der Waals surface area (Å²) in [7, 11) is 1.67. The molecule has 1 aliphatic rings. The molecule has 1 heterocycles. The van der Waals surface area contributed by atoms with Crippen LogP contribution >= 0.6 is 0 Å². The van der Waals surface area contributed by atoms with E-state index in [9.17, 15) is 4.79 Å². The zero-order chi connectivity index (χ0) is 18.3. The Bertz CT molecular complexity index is 562. The largest absolute Gasteiger partial charge is 0.497 e. The predicted molar refractivity (Wildman–Crippen MR) is 99.5 cm³/mol. The molecule has 1 saturated heterocycles. The van der Waals surface area contributed by atoms with Crippen LogP contribution in [0.2, 0.25) is 0 Å². The first-order chi connectivity index (χ1) is 11.9. The maximum Gasteiger partial charge on any atom is 0.164 e. The summed E-state index contributed by atoms with van der Waals surface area (Å²) in [5, 5.41) is 0. The van der Waals surface area contributed by atoms with Crippen molar-refractivity contribution in [2.24, 2.45) is 5.92 Å². The van der Waals surface area contributed by atoms with E-state index in [1.807, 2.05) is 26.0 Å². The van der Waals surface area contributed by atoms with Crippen LogP contribution in [0.3, 0.4) is 0 Å². The summed E-state index contributed by atoms with van der Waals surface area (Å²) >= 11 is 0. The van der Waals surface area contributed by atoms with Crippen LogP contribution in [-0.4, -0.2) is 31.4 Å². The molecule has 0 N–H and O–H groups in total. The van der Waals surface area contributed by atoms with Crippen molar-refractivity contribution >= 4 is 12.4 Å². The molecule has 0 bridgehead atoms. The third-order valence-electron chi connectivity index (χ3n) is 4.56. The molecule has 1 fully saturated rings. The van der Waals surface area contributed by atoms with Crippen molar-refractivity contribution in [3.63, 3.8) is 0 Å². The summed E-state index contributed by atoms with van der Waals surface area (Å²) in [5.74, 6) is 0.523. The lowest BCUT2D eigenvalue weighted by atomic mass is 9.94. The first-order valence-electron chi connectivity index (χ1n) is 9.06. The van der Waals surface area contributed by atoms with Crippen molar-refractivity contribution < 1.29 is 19.0 Å². The van der Waals surface area contributed by atoms with Crippen LogP contribution in [0.4, 0.5) is 0 Å². The molecule has 1 aliphatic heterocycles. The van der Waals surface area contributed by atoms with Gasteiger partial charge in [-0.15, -0.1) is 0 Å². The van der Waals surface area contributed by atoms with E-state index in [0.717, 1.165) is 37.7 Å². The second-order valence-corrected chi connectivity index (χ2v) is 7.14. The molecule has 2 rings (SSSR count). The van der Waals surface area contributed by atoms with E-state index < -0.39 is 11.9 Å². The number of ether oxygens (including phenoxy) is 3. The Labute approximate surface area is 151 Å². The van der Waals surface area contributed by atoms with Crippen molar-refractivity contribution in [2.75, 3.05) is 7.11 Å². The van der Waals surface area contributed by atoms with Crippen LogP contribution in [0.1, 0.15) is 52.0 Å². The van der Waals surface area contributed by atoms with Gasteiger partial charge in [-0.3, -0.25) is 0 Å². The standard InChI is InChI=1S/C21H30O4/c1-16(20-19(15-22)24-21(2,3)25-20)9-7-5-6-8-10-17-11-13-18(23-4)14-12-17/h8,10-16,19-20H,5-7,9H2,1-4H3/b10-8+/t16-,19-,20-/m0/s1. The molecule has 0 amide bonds. The maximum atomic E-state index is 11.2.